The molecule has 10 nitrogen and oxygen atoms in total. The molecule has 0 aliphatic carbocycles. The number of ether oxygens (including phenoxy) is 1. The molecule has 3 N–H and O–H groups in total. The Bertz CT molecular complexity index is 1430. The van der Waals surface area contributed by atoms with E-state index in [-0.39, 0.29) is 23.3 Å². The Balaban J connectivity index is 1.36. The highest BCUT2D eigenvalue weighted by molar-refractivity contribution is 6.31. The minimum absolute atomic E-state index is 0.0159. The third-order valence-corrected chi connectivity index (χ3v) is 4.82. The largest absolute Gasteiger partial charge is 0.493 e. The van der Waals surface area contributed by atoms with E-state index >= 15 is 0 Å². The summed E-state index contributed by atoms with van der Waals surface area (Å²) >= 11 is 5.62. The fourth-order valence-electron chi connectivity index (χ4n) is 2.79. The first-order chi connectivity index (χ1) is 17.9. The van der Waals surface area contributed by atoms with Crippen LogP contribution in [0.3, 0.4) is 0 Å². The molecule has 0 fully saturated rings. The second kappa shape index (κ2) is 10.4. The summed E-state index contributed by atoms with van der Waals surface area (Å²) < 4.78 is 81.0. The maximum absolute atomic E-state index is 13.1. The van der Waals surface area contributed by atoms with Crippen molar-refractivity contribution in [3.63, 3.8) is 0 Å². The van der Waals surface area contributed by atoms with Gasteiger partial charge in [0.15, 0.2) is 11.6 Å². The molecule has 2 aromatic carbocycles. The Morgan fingerprint density at radius 1 is 0.895 bits per heavy atom. The summed E-state index contributed by atoms with van der Waals surface area (Å²) in [6, 6.07) is 12.0. The van der Waals surface area contributed by atoms with Crippen LogP contribution in [0.1, 0.15) is 5.56 Å². The van der Waals surface area contributed by atoms with Crippen molar-refractivity contribution in [2.75, 3.05) is 10.8 Å². The second-order valence-corrected chi connectivity index (χ2v) is 7.62. The van der Waals surface area contributed by atoms with E-state index in [0.29, 0.717) is 17.1 Å². The van der Waals surface area contributed by atoms with Gasteiger partial charge in [-0.2, -0.15) is 31.8 Å². The van der Waals surface area contributed by atoms with E-state index in [2.05, 4.69) is 35.5 Å². The van der Waals surface area contributed by atoms with Gasteiger partial charge in [-0.3, -0.25) is 0 Å². The summed E-state index contributed by atoms with van der Waals surface area (Å²) in [5.74, 6) is -2.04. The number of aromatic amines is 1. The Morgan fingerprint density at radius 3 is 2.26 bits per heavy atom. The molecular formula is C21H12ClF6N7O3. The second-order valence-electron chi connectivity index (χ2n) is 7.21. The summed E-state index contributed by atoms with van der Waals surface area (Å²) in [6.07, 6.45) is -9.79. The van der Waals surface area contributed by atoms with Crippen LogP contribution in [0, 0.1) is 0 Å². The summed E-state index contributed by atoms with van der Waals surface area (Å²) in [7, 11) is 0. The number of halogens is 7. The molecule has 0 atom stereocenters. The van der Waals surface area contributed by atoms with Crippen molar-refractivity contribution in [2.45, 2.75) is 12.4 Å². The quantitative estimate of drug-likeness (QED) is 0.187. The van der Waals surface area contributed by atoms with E-state index in [9.17, 15) is 31.1 Å². The molecule has 0 aliphatic heterocycles. The summed E-state index contributed by atoms with van der Waals surface area (Å²) in [5, 5.41) is 17.2. The fourth-order valence-corrected chi connectivity index (χ4v) is 3.02. The molecule has 2 aromatic heterocycles. The maximum atomic E-state index is 13.1. The number of hydrogen-bond donors (Lipinski definition) is 3. The van der Waals surface area contributed by atoms with Crippen molar-refractivity contribution in [3.05, 3.63) is 65.2 Å². The van der Waals surface area contributed by atoms with Gasteiger partial charge >= 0.3 is 18.3 Å². The van der Waals surface area contributed by atoms with E-state index in [0.717, 1.165) is 12.1 Å². The average molecular weight is 560 g/mol. The molecule has 17 heteroatoms. The molecule has 4 rings (SSSR count). The highest BCUT2D eigenvalue weighted by Gasteiger charge is 2.41. The third-order valence-electron chi connectivity index (χ3n) is 4.49. The number of rotatable bonds is 7. The van der Waals surface area contributed by atoms with Gasteiger partial charge in [-0.05, 0) is 48.5 Å². The van der Waals surface area contributed by atoms with Gasteiger partial charge in [0.25, 0.3) is 0 Å². The van der Waals surface area contributed by atoms with Gasteiger partial charge in [-0.25, -0.2) is 4.79 Å². The highest BCUT2D eigenvalue weighted by atomic mass is 35.5. The molecule has 0 aliphatic rings. The van der Waals surface area contributed by atoms with Crippen LogP contribution in [0.2, 0.25) is 5.02 Å². The fraction of sp³-hybridized carbons (Fsp3) is 0.0952. The van der Waals surface area contributed by atoms with Crippen LogP contribution in [0.5, 0.6) is 11.6 Å². The number of aromatic nitrogens is 5. The van der Waals surface area contributed by atoms with Crippen LogP contribution in [-0.4, -0.2) is 37.5 Å². The molecular weight excluding hydrogens is 548 g/mol. The lowest BCUT2D eigenvalue weighted by molar-refractivity contribution is -0.196. The Kier molecular flexibility index (Phi) is 7.25. The molecule has 4 aromatic rings. The zero-order valence-electron chi connectivity index (χ0n) is 18.4. The van der Waals surface area contributed by atoms with Gasteiger partial charge in [-0.1, -0.05) is 11.6 Å². The van der Waals surface area contributed by atoms with Gasteiger partial charge in [0.2, 0.25) is 11.8 Å². The van der Waals surface area contributed by atoms with Crippen LogP contribution in [0.25, 0.3) is 11.4 Å². The van der Waals surface area contributed by atoms with Gasteiger partial charge in [0, 0.05) is 17.3 Å². The standard InChI is InChI=1S/C21H12ClF6N7O3/c22-14-6-3-11(9-13(14)20(23,24)25)29-19-30-17(33-34-19)10-1-4-12(5-2-10)37-16-8-7-15(31-32-16)35-38-18(36)21(26,27)28/h1-9H,(H,31,35)(H2,29,30,33,34). The number of nitrogens with zero attached hydrogens (tertiary/aromatic N) is 4. The number of carbonyl (C=O) groups excluding carboxylic acids is 1. The monoisotopic (exact) mass is 559 g/mol. The Labute approximate surface area is 212 Å². The minimum atomic E-state index is -5.17. The molecule has 198 valence electrons. The van der Waals surface area contributed by atoms with Crippen LogP contribution in [0.4, 0.5) is 43.8 Å². The SMILES string of the molecule is O=C(ONc1ccc(Oc2ccc(-c3nnc(Nc4ccc(Cl)c(C(F)(F)F)c4)[nH]3)cc2)nn1)C(F)(F)F. The molecule has 0 saturated heterocycles. The topological polar surface area (TPSA) is 127 Å². The van der Waals surface area contributed by atoms with E-state index < -0.39 is 28.9 Å². The summed E-state index contributed by atoms with van der Waals surface area (Å²) in [5.41, 5.74) is 1.37. The number of H-pyrrole nitrogens is 1. The van der Waals surface area contributed by atoms with E-state index in [1.165, 1.54) is 18.2 Å². The molecule has 0 radical (unpaired) electrons. The highest BCUT2D eigenvalue weighted by Crippen LogP contribution is 2.36. The van der Waals surface area contributed by atoms with Crippen molar-refractivity contribution >= 4 is 35.0 Å². The van der Waals surface area contributed by atoms with Crippen molar-refractivity contribution in [1.29, 1.82) is 0 Å². The first kappa shape index (κ1) is 26.5. The molecule has 0 spiro atoms. The van der Waals surface area contributed by atoms with Crippen LogP contribution < -0.4 is 15.5 Å². The maximum Gasteiger partial charge on any atom is 0.493 e. The van der Waals surface area contributed by atoms with Gasteiger partial charge in [0.05, 0.1) is 10.6 Å². The van der Waals surface area contributed by atoms with E-state index in [1.807, 2.05) is 0 Å². The lowest BCUT2D eigenvalue weighted by atomic mass is 10.2. The number of anilines is 3. The third kappa shape index (κ3) is 6.58. The number of benzene rings is 2. The Hall–Kier alpha value is -4.60. The van der Waals surface area contributed by atoms with Gasteiger partial charge in [-0.15, -0.1) is 20.4 Å². The van der Waals surface area contributed by atoms with E-state index in [1.54, 1.807) is 29.7 Å². The van der Waals surface area contributed by atoms with Crippen molar-refractivity contribution in [2.24, 2.45) is 0 Å². The van der Waals surface area contributed by atoms with Gasteiger partial charge < -0.3 is 19.9 Å². The van der Waals surface area contributed by atoms with Gasteiger partial charge in [0.1, 0.15) is 5.75 Å². The molecule has 0 amide bonds. The number of alkyl halides is 6. The normalized spacial score (nSPS) is 11.7. The van der Waals surface area contributed by atoms with Crippen LogP contribution in [-0.2, 0) is 15.8 Å². The zero-order chi connectivity index (χ0) is 27.5. The first-order valence-corrected chi connectivity index (χ1v) is 10.5. The van der Waals surface area contributed by atoms with E-state index in [4.69, 9.17) is 16.3 Å². The molecule has 2 heterocycles. The molecule has 0 bridgehead atoms. The summed E-state index contributed by atoms with van der Waals surface area (Å²) in [4.78, 5) is 17.3. The first-order valence-electron chi connectivity index (χ1n) is 10.1. The lowest BCUT2D eigenvalue weighted by Gasteiger charge is -2.11. The predicted octanol–water partition coefficient (Wildman–Crippen LogP) is 5.90. The summed E-state index contributed by atoms with van der Waals surface area (Å²) in [6.45, 7) is 0. The van der Waals surface area contributed by atoms with Crippen molar-refractivity contribution in [1.82, 2.24) is 25.4 Å². The van der Waals surface area contributed by atoms with Crippen molar-refractivity contribution < 1.29 is 40.7 Å². The molecule has 0 unspecified atom stereocenters. The smallest absolute Gasteiger partial charge is 0.438 e. The van der Waals surface area contributed by atoms with Crippen LogP contribution >= 0.6 is 11.6 Å². The molecule has 0 saturated carbocycles. The number of carbonyl (C=O) groups is 1. The number of hydrogen-bond acceptors (Lipinski definition) is 9. The Morgan fingerprint density at radius 2 is 1.63 bits per heavy atom. The average Bonchev–Trinajstić information content (AvgIpc) is 3.32. The minimum Gasteiger partial charge on any atom is -0.438 e. The van der Waals surface area contributed by atoms with Crippen molar-refractivity contribution in [3.8, 4) is 23.0 Å². The number of nitrogens with one attached hydrogen (secondary N) is 3. The lowest BCUT2D eigenvalue weighted by Crippen LogP contribution is -2.27. The predicted molar refractivity (Wildman–Crippen MR) is 119 cm³/mol. The molecule has 38 heavy (non-hydrogen) atoms. The zero-order valence-corrected chi connectivity index (χ0v) is 19.1. The van der Waals surface area contributed by atoms with Crippen LogP contribution in [0.15, 0.2) is 54.6 Å².